The summed E-state index contributed by atoms with van der Waals surface area (Å²) in [4.78, 5) is 12.0. The number of carbonyl (C=O) groups is 1. The average molecular weight is 292 g/mol. The molecule has 1 atom stereocenters. The summed E-state index contributed by atoms with van der Waals surface area (Å²) in [5.74, 6) is 1.09. The van der Waals surface area contributed by atoms with Crippen molar-refractivity contribution in [2.75, 3.05) is 13.2 Å². The Bertz CT molecular complexity index is 486. The molecule has 1 rings (SSSR count). The standard InChI is InChI=1S/C17H28N2O2/c1-12(2)17(5,11-18)19-16(20)8-9-21-15-7-6-13(3)10-14(15)4/h6-7,10,12H,8-9,11,18H2,1-5H3,(H,19,20). The van der Waals surface area contributed by atoms with E-state index in [9.17, 15) is 4.79 Å². The Morgan fingerprint density at radius 2 is 2.05 bits per heavy atom. The van der Waals surface area contributed by atoms with Gasteiger partial charge in [0.15, 0.2) is 0 Å². The lowest BCUT2D eigenvalue weighted by Crippen LogP contribution is -2.55. The fourth-order valence-electron chi connectivity index (χ4n) is 2.03. The van der Waals surface area contributed by atoms with Crippen molar-refractivity contribution in [2.45, 2.75) is 46.6 Å². The summed E-state index contributed by atoms with van der Waals surface area (Å²) >= 11 is 0. The largest absolute Gasteiger partial charge is 0.493 e. The van der Waals surface area contributed by atoms with Crippen molar-refractivity contribution < 1.29 is 9.53 Å². The maximum atomic E-state index is 12.0. The second kappa shape index (κ2) is 7.46. The van der Waals surface area contributed by atoms with E-state index in [1.54, 1.807) is 0 Å². The predicted octanol–water partition coefficient (Wildman–Crippen LogP) is 2.56. The van der Waals surface area contributed by atoms with E-state index in [0.717, 1.165) is 11.3 Å². The van der Waals surface area contributed by atoms with Gasteiger partial charge in [-0.2, -0.15) is 0 Å². The first-order valence-electron chi connectivity index (χ1n) is 7.49. The number of aryl methyl sites for hydroxylation is 2. The minimum atomic E-state index is -0.364. The maximum absolute atomic E-state index is 12.0. The molecule has 0 fully saturated rings. The Morgan fingerprint density at radius 3 is 2.57 bits per heavy atom. The number of nitrogens with one attached hydrogen (secondary N) is 1. The molecule has 0 aliphatic carbocycles. The lowest BCUT2D eigenvalue weighted by atomic mass is 9.88. The highest BCUT2D eigenvalue weighted by Crippen LogP contribution is 2.19. The normalized spacial score (nSPS) is 13.9. The van der Waals surface area contributed by atoms with Crippen LogP contribution in [0.2, 0.25) is 0 Å². The number of carbonyl (C=O) groups excluding carboxylic acids is 1. The van der Waals surface area contributed by atoms with Crippen molar-refractivity contribution in [2.24, 2.45) is 11.7 Å². The van der Waals surface area contributed by atoms with Crippen LogP contribution in [0.1, 0.15) is 38.3 Å². The molecule has 1 aromatic carbocycles. The molecule has 1 aromatic rings. The van der Waals surface area contributed by atoms with Crippen LogP contribution in [0.5, 0.6) is 5.75 Å². The third kappa shape index (κ3) is 5.05. The van der Waals surface area contributed by atoms with E-state index >= 15 is 0 Å². The molecule has 0 radical (unpaired) electrons. The van der Waals surface area contributed by atoms with Gasteiger partial charge in [-0.15, -0.1) is 0 Å². The Hall–Kier alpha value is -1.55. The van der Waals surface area contributed by atoms with Crippen LogP contribution in [0.25, 0.3) is 0 Å². The Kier molecular flexibility index (Phi) is 6.21. The molecule has 4 heteroatoms. The summed E-state index contributed by atoms with van der Waals surface area (Å²) in [5, 5.41) is 3.01. The van der Waals surface area contributed by atoms with Gasteiger partial charge >= 0.3 is 0 Å². The monoisotopic (exact) mass is 292 g/mol. The van der Waals surface area contributed by atoms with E-state index in [4.69, 9.17) is 10.5 Å². The van der Waals surface area contributed by atoms with Crippen LogP contribution in [0, 0.1) is 19.8 Å². The summed E-state index contributed by atoms with van der Waals surface area (Å²) in [6, 6.07) is 6.02. The molecule has 0 bridgehead atoms. The highest BCUT2D eigenvalue weighted by atomic mass is 16.5. The number of nitrogens with two attached hydrogens (primary N) is 1. The second-order valence-corrected chi connectivity index (χ2v) is 6.19. The Morgan fingerprint density at radius 1 is 1.38 bits per heavy atom. The van der Waals surface area contributed by atoms with Crippen molar-refractivity contribution in [3.8, 4) is 5.75 Å². The van der Waals surface area contributed by atoms with Crippen molar-refractivity contribution in [1.82, 2.24) is 5.32 Å². The van der Waals surface area contributed by atoms with Gasteiger partial charge in [-0.25, -0.2) is 0 Å². The van der Waals surface area contributed by atoms with Gasteiger partial charge in [-0.1, -0.05) is 31.5 Å². The molecular formula is C17H28N2O2. The van der Waals surface area contributed by atoms with E-state index in [-0.39, 0.29) is 17.4 Å². The van der Waals surface area contributed by atoms with Crippen LogP contribution in [-0.4, -0.2) is 24.6 Å². The van der Waals surface area contributed by atoms with Crippen LogP contribution < -0.4 is 15.8 Å². The first-order chi connectivity index (χ1) is 9.78. The fraction of sp³-hybridized carbons (Fsp3) is 0.588. The van der Waals surface area contributed by atoms with Gasteiger partial charge in [-0.3, -0.25) is 4.79 Å². The minimum Gasteiger partial charge on any atom is -0.493 e. The van der Waals surface area contributed by atoms with Crippen molar-refractivity contribution in [1.29, 1.82) is 0 Å². The molecular weight excluding hydrogens is 264 g/mol. The smallest absolute Gasteiger partial charge is 0.223 e. The van der Waals surface area contributed by atoms with Gasteiger partial charge in [0.1, 0.15) is 5.75 Å². The number of hydrogen-bond acceptors (Lipinski definition) is 3. The summed E-state index contributed by atoms with van der Waals surface area (Å²) in [5.41, 5.74) is 7.69. The fourth-order valence-corrected chi connectivity index (χ4v) is 2.03. The summed E-state index contributed by atoms with van der Waals surface area (Å²) in [6.07, 6.45) is 0.329. The van der Waals surface area contributed by atoms with E-state index < -0.39 is 0 Å². The second-order valence-electron chi connectivity index (χ2n) is 6.19. The first kappa shape index (κ1) is 17.5. The third-order valence-electron chi connectivity index (χ3n) is 4.04. The van der Waals surface area contributed by atoms with E-state index in [1.165, 1.54) is 5.56 Å². The van der Waals surface area contributed by atoms with Gasteiger partial charge < -0.3 is 15.8 Å². The van der Waals surface area contributed by atoms with E-state index in [1.807, 2.05) is 32.9 Å². The van der Waals surface area contributed by atoms with E-state index in [0.29, 0.717) is 19.6 Å². The zero-order valence-electron chi connectivity index (χ0n) is 13.8. The Balaban J connectivity index is 2.47. The molecule has 0 saturated carbocycles. The van der Waals surface area contributed by atoms with Gasteiger partial charge in [0.25, 0.3) is 0 Å². The van der Waals surface area contributed by atoms with Crippen LogP contribution in [-0.2, 0) is 4.79 Å². The van der Waals surface area contributed by atoms with Crippen molar-refractivity contribution in [3.05, 3.63) is 29.3 Å². The zero-order valence-corrected chi connectivity index (χ0v) is 13.8. The van der Waals surface area contributed by atoms with Gasteiger partial charge in [0.05, 0.1) is 18.6 Å². The molecule has 0 saturated heterocycles. The quantitative estimate of drug-likeness (QED) is 0.812. The van der Waals surface area contributed by atoms with Crippen molar-refractivity contribution >= 4 is 5.91 Å². The van der Waals surface area contributed by atoms with Crippen LogP contribution >= 0.6 is 0 Å². The summed E-state index contributed by atoms with van der Waals surface area (Å²) in [7, 11) is 0. The molecule has 1 unspecified atom stereocenters. The Labute approximate surface area is 128 Å². The highest BCUT2D eigenvalue weighted by molar-refractivity contribution is 5.77. The molecule has 4 nitrogen and oxygen atoms in total. The average Bonchev–Trinajstić information content (AvgIpc) is 2.40. The SMILES string of the molecule is Cc1ccc(OCCC(=O)NC(C)(CN)C(C)C)c(C)c1. The zero-order chi connectivity index (χ0) is 16.0. The molecule has 3 N–H and O–H groups in total. The molecule has 21 heavy (non-hydrogen) atoms. The van der Waals surface area contributed by atoms with E-state index in [2.05, 4.69) is 25.2 Å². The van der Waals surface area contributed by atoms with Gasteiger partial charge in [-0.05, 0) is 38.3 Å². The first-order valence-corrected chi connectivity index (χ1v) is 7.49. The van der Waals surface area contributed by atoms with Crippen LogP contribution in [0.15, 0.2) is 18.2 Å². The van der Waals surface area contributed by atoms with Crippen LogP contribution in [0.3, 0.4) is 0 Å². The molecule has 118 valence electrons. The lowest BCUT2D eigenvalue weighted by molar-refractivity contribution is -0.123. The molecule has 0 aromatic heterocycles. The molecule has 0 aliphatic heterocycles. The summed E-state index contributed by atoms with van der Waals surface area (Å²) in [6.45, 7) is 10.9. The van der Waals surface area contributed by atoms with Crippen LogP contribution in [0.4, 0.5) is 0 Å². The van der Waals surface area contributed by atoms with Crippen molar-refractivity contribution in [3.63, 3.8) is 0 Å². The molecule has 1 amide bonds. The molecule has 0 aliphatic rings. The number of hydrogen-bond donors (Lipinski definition) is 2. The number of benzene rings is 1. The number of ether oxygens (including phenoxy) is 1. The molecule has 0 heterocycles. The van der Waals surface area contributed by atoms with Gasteiger partial charge in [0.2, 0.25) is 5.91 Å². The predicted molar refractivity (Wildman–Crippen MR) is 86.5 cm³/mol. The third-order valence-corrected chi connectivity index (χ3v) is 4.04. The van der Waals surface area contributed by atoms with Gasteiger partial charge in [0, 0.05) is 6.54 Å². The topological polar surface area (TPSA) is 64.3 Å². The number of amides is 1. The molecule has 0 spiro atoms. The number of rotatable bonds is 7. The lowest BCUT2D eigenvalue weighted by Gasteiger charge is -2.33. The summed E-state index contributed by atoms with van der Waals surface area (Å²) < 4.78 is 5.68. The maximum Gasteiger partial charge on any atom is 0.223 e. The minimum absolute atomic E-state index is 0.0265. The highest BCUT2D eigenvalue weighted by Gasteiger charge is 2.28.